The monoisotopic (exact) mass is 166 g/mol. The minimum absolute atomic E-state index is 0.271. The molecule has 1 unspecified atom stereocenters. The van der Waals surface area contributed by atoms with Crippen LogP contribution < -0.4 is 5.32 Å². The fourth-order valence-electron chi connectivity index (χ4n) is 0.860. The SMILES string of the molecule is C#CCC(NC)c1cncs1. The van der Waals surface area contributed by atoms with Crippen molar-refractivity contribution in [2.75, 3.05) is 7.05 Å². The van der Waals surface area contributed by atoms with Crippen LogP contribution in [0.5, 0.6) is 0 Å². The van der Waals surface area contributed by atoms with Crippen molar-refractivity contribution in [2.24, 2.45) is 0 Å². The fraction of sp³-hybridized carbons (Fsp3) is 0.375. The van der Waals surface area contributed by atoms with Crippen LogP contribution in [0.1, 0.15) is 17.3 Å². The molecule has 2 nitrogen and oxygen atoms in total. The second-order valence-electron chi connectivity index (χ2n) is 2.15. The molecule has 1 atom stereocenters. The number of nitrogens with zero attached hydrogens (tertiary/aromatic N) is 1. The Morgan fingerprint density at radius 2 is 2.73 bits per heavy atom. The van der Waals surface area contributed by atoms with E-state index in [2.05, 4.69) is 16.2 Å². The first-order chi connectivity index (χ1) is 5.38. The zero-order valence-corrected chi connectivity index (χ0v) is 7.19. The number of hydrogen-bond acceptors (Lipinski definition) is 3. The van der Waals surface area contributed by atoms with Gasteiger partial charge in [-0.1, -0.05) is 0 Å². The van der Waals surface area contributed by atoms with Gasteiger partial charge in [0, 0.05) is 17.5 Å². The Morgan fingerprint density at radius 1 is 1.91 bits per heavy atom. The Hall–Kier alpha value is -0.850. The smallest absolute Gasteiger partial charge is 0.0794 e. The second kappa shape index (κ2) is 4.12. The van der Waals surface area contributed by atoms with Gasteiger partial charge >= 0.3 is 0 Å². The van der Waals surface area contributed by atoms with Crippen molar-refractivity contribution < 1.29 is 0 Å². The zero-order valence-electron chi connectivity index (χ0n) is 6.37. The van der Waals surface area contributed by atoms with Gasteiger partial charge in [-0.3, -0.25) is 4.98 Å². The van der Waals surface area contributed by atoms with E-state index < -0.39 is 0 Å². The Morgan fingerprint density at radius 3 is 3.18 bits per heavy atom. The van der Waals surface area contributed by atoms with Gasteiger partial charge in [-0.05, 0) is 7.05 Å². The molecule has 1 heterocycles. The number of thiazole rings is 1. The standard InChI is InChI=1S/C8H10N2S/c1-3-4-7(9-2)8-5-10-6-11-8/h1,5-7,9H,4H2,2H3. The highest BCUT2D eigenvalue weighted by molar-refractivity contribution is 7.09. The molecule has 1 aromatic heterocycles. The summed E-state index contributed by atoms with van der Waals surface area (Å²) < 4.78 is 0. The first kappa shape index (κ1) is 8.25. The lowest BCUT2D eigenvalue weighted by Gasteiger charge is -2.08. The average molecular weight is 166 g/mol. The van der Waals surface area contributed by atoms with E-state index in [1.54, 1.807) is 11.3 Å². The first-order valence-electron chi connectivity index (χ1n) is 3.37. The highest BCUT2D eigenvalue weighted by Gasteiger charge is 2.07. The molecule has 0 aliphatic heterocycles. The maximum Gasteiger partial charge on any atom is 0.0794 e. The van der Waals surface area contributed by atoms with E-state index in [-0.39, 0.29) is 6.04 Å². The van der Waals surface area contributed by atoms with E-state index in [9.17, 15) is 0 Å². The molecule has 0 bridgehead atoms. The van der Waals surface area contributed by atoms with Gasteiger partial charge in [0.15, 0.2) is 0 Å². The van der Waals surface area contributed by atoms with Crippen LogP contribution in [0.15, 0.2) is 11.7 Å². The molecule has 3 heteroatoms. The molecule has 0 spiro atoms. The molecule has 1 N–H and O–H groups in total. The van der Waals surface area contributed by atoms with Crippen LogP contribution in [-0.2, 0) is 0 Å². The number of rotatable bonds is 3. The van der Waals surface area contributed by atoms with Crippen molar-refractivity contribution in [1.29, 1.82) is 0 Å². The maximum absolute atomic E-state index is 5.21. The summed E-state index contributed by atoms with van der Waals surface area (Å²) in [5.74, 6) is 2.62. The average Bonchev–Trinajstić information content (AvgIpc) is 2.52. The van der Waals surface area contributed by atoms with Gasteiger partial charge in [0.1, 0.15) is 0 Å². The van der Waals surface area contributed by atoms with Gasteiger partial charge in [-0.2, -0.15) is 0 Å². The molecule has 1 aromatic rings. The molecule has 0 radical (unpaired) electrons. The molecule has 0 aliphatic carbocycles. The third kappa shape index (κ3) is 2.04. The number of terminal acetylenes is 1. The van der Waals surface area contributed by atoms with E-state index in [4.69, 9.17) is 6.42 Å². The summed E-state index contributed by atoms with van der Waals surface area (Å²) in [6, 6.07) is 0.271. The molecular weight excluding hydrogens is 156 g/mol. The van der Waals surface area contributed by atoms with Crippen LogP contribution in [0.4, 0.5) is 0 Å². The lowest BCUT2D eigenvalue weighted by atomic mass is 10.2. The highest BCUT2D eigenvalue weighted by atomic mass is 32.1. The summed E-state index contributed by atoms with van der Waals surface area (Å²) in [6.45, 7) is 0. The maximum atomic E-state index is 5.21. The lowest BCUT2D eigenvalue weighted by Crippen LogP contribution is -2.14. The van der Waals surface area contributed by atoms with E-state index in [1.165, 1.54) is 4.88 Å². The molecule has 0 aliphatic rings. The highest BCUT2D eigenvalue weighted by Crippen LogP contribution is 2.18. The third-order valence-electron chi connectivity index (χ3n) is 1.47. The van der Waals surface area contributed by atoms with Crippen molar-refractivity contribution in [3.8, 4) is 12.3 Å². The first-order valence-corrected chi connectivity index (χ1v) is 4.25. The fourth-order valence-corrected chi connectivity index (χ4v) is 1.59. The van der Waals surface area contributed by atoms with E-state index in [1.807, 2.05) is 18.8 Å². The second-order valence-corrected chi connectivity index (χ2v) is 3.07. The van der Waals surface area contributed by atoms with Crippen molar-refractivity contribution in [3.63, 3.8) is 0 Å². The van der Waals surface area contributed by atoms with Crippen LogP contribution >= 0.6 is 11.3 Å². The van der Waals surface area contributed by atoms with Gasteiger partial charge in [-0.25, -0.2) is 0 Å². The van der Waals surface area contributed by atoms with Crippen LogP contribution in [0, 0.1) is 12.3 Å². The van der Waals surface area contributed by atoms with Gasteiger partial charge in [0.05, 0.1) is 11.6 Å². The van der Waals surface area contributed by atoms with E-state index in [0.717, 1.165) is 6.42 Å². The topological polar surface area (TPSA) is 24.9 Å². The summed E-state index contributed by atoms with van der Waals surface area (Å²) in [4.78, 5) is 5.18. The van der Waals surface area contributed by atoms with E-state index in [0.29, 0.717) is 0 Å². The Labute approximate surface area is 70.7 Å². The summed E-state index contributed by atoms with van der Waals surface area (Å²) in [7, 11) is 1.90. The van der Waals surface area contributed by atoms with Crippen LogP contribution in [-0.4, -0.2) is 12.0 Å². The Kier molecular flexibility index (Phi) is 3.09. The van der Waals surface area contributed by atoms with Crippen molar-refractivity contribution in [3.05, 3.63) is 16.6 Å². The predicted molar refractivity (Wildman–Crippen MR) is 47.4 cm³/mol. The minimum Gasteiger partial charge on any atom is -0.311 e. The quantitative estimate of drug-likeness (QED) is 0.687. The number of aromatic nitrogens is 1. The molecule has 0 saturated heterocycles. The molecule has 0 saturated carbocycles. The third-order valence-corrected chi connectivity index (χ3v) is 2.35. The molecular formula is C8H10N2S. The summed E-state index contributed by atoms with van der Waals surface area (Å²) in [6.07, 6.45) is 7.78. The van der Waals surface area contributed by atoms with Crippen molar-refractivity contribution in [1.82, 2.24) is 10.3 Å². The molecule has 58 valence electrons. The van der Waals surface area contributed by atoms with E-state index >= 15 is 0 Å². The van der Waals surface area contributed by atoms with Crippen molar-refractivity contribution in [2.45, 2.75) is 12.5 Å². The van der Waals surface area contributed by atoms with Crippen LogP contribution in [0.2, 0.25) is 0 Å². The molecule has 1 rings (SSSR count). The lowest BCUT2D eigenvalue weighted by molar-refractivity contribution is 0.621. The molecule has 11 heavy (non-hydrogen) atoms. The summed E-state index contributed by atoms with van der Waals surface area (Å²) >= 11 is 1.63. The van der Waals surface area contributed by atoms with Crippen LogP contribution in [0.25, 0.3) is 0 Å². The van der Waals surface area contributed by atoms with Gasteiger partial charge in [0.2, 0.25) is 0 Å². The normalized spacial score (nSPS) is 12.4. The molecule has 0 amide bonds. The van der Waals surface area contributed by atoms with Gasteiger partial charge in [0.25, 0.3) is 0 Å². The largest absolute Gasteiger partial charge is 0.311 e. The Bertz CT molecular complexity index is 235. The summed E-state index contributed by atoms with van der Waals surface area (Å²) in [5, 5.41) is 3.13. The van der Waals surface area contributed by atoms with Crippen LogP contribution in [0.3, 0.4) is 0 Å². The predicted octanol–water partition coefficient (Wildman–Crippen LogP) is 1.43. The number of nitrogens with one attached hydrogen (secondary N) is 1. The molecule has 0 aromatic carbocycles. The Balaban J connectivity index is 2.65. The van der Waals surface area contributed by atoms with Crippen molar-refractivity contribution >= 4 is 11.3 Å². The zero-order chi connectivity index (χ0) is 8.10. The molecule has 0 fully saturated rings. The summed E-state index contributed by atoms with van der Waals surface area (Å²) in [5.41, 5.74) is 1.82. The van der Waals surface area contributed by atoms with Gasteiger partial charge in [-0.15, -0.1) is 23.7 Å². The minimum atomic E-state index is 0.271. The van der Waals surface area contributed by atoms with Gasteiger partial charge < -0.3 is 5.32 Å². The number of hydrogen-bond donors (Lipinski definition) is 1.